The highest BCUT2D eigenvalue weighted by Gasteiger charge is 2.23. The van der Waals surface area contributed by atoms with Crippen molar-refractivity contribution >= 4 is 57.3 Å². The van der Waals surface area contributed by atoms with Crippen LogP contribution in [0.3, 0.4) is 0 Å². The van der Waals surface area contributed by atoms with E-state index in [1.54, 1.807) is 18.2 Å². The Balaban J connectivity index is 1.47. The molecule has 0 saturated carbocycles. The van der Waals surface area contributed by atoms with Gasteiger partial charge in [0.15, 0.2) is 0 Å². The van der Waals surface area contributed by atoms with Gasteiger partial charge >= 0.3 is 0 Å². The Morgan fingerprint density at radius 1 is 1.03 bits per heavy atom. The van der Waals surface area contributed by atoms with Crippen LogP contribution in [-0.2, 0) is 17.6 Å². The predicted octanol–water partition coefficient (Wildman–Crippen LogP) is 5.24. The normalized spacial score (nSPS) is 11.9. The maximum atomic E-state index is 13.1. The van der Waals surface area contributed by atoms with Gasteiger partial charge in [-0.05, 0) is 47.2 Å². The number of rotatable bonds is 8. The molecule has 1 atom stereocenters. The molecule has 0 aliphatic carbocycles. The summed E-state index contributed by atoms with van der Waals surface area (Å²) in [4.78, 5) is 29.5. The van der Waals surface area contributed by atoms with E-state index in [0.717, 1.165) is 22.0 Å². The zero-order chi connectivity index (χ0) is 22.5. The summed E-state index contributed by atoms with van der Waals surface area (Å²) >= 11 is 13.5. The summed E-state index contributed by atoms with van der Waals surface area (Å²) in [6, 6.07) is 16.0. The fourth-order valence-electron chi connectivity index (χ4n) is 3.53. The first-order valence-corrected chi connectivity index (χ1v) is 11.8. The second-order valence-corrected chi connectivity index (χ2v) is 9.14. The standard InChI is InChI=1S/C24H21Cl2N3O2S/c25-17-8-7-15(19(26)13-17)9-10-27-23(30)21(29-24(31)22-6-3-11-32-22)12-16-14-28-20-5-2-1-4-18(16)20/h1-8,11,13-14,21,28H,9-10,12H2,(H,27,30)(H,29,31)/t21-/m1/s1. The Morgan fingerprint density at radius 3 is 2.66 bits per heavy atom. The van der Waals surface area contributed by atoms with E-state index in [1.807, 2.05) is 48.0 Å². The molecule has 164 valence electrons. The number of carbonyl (C=O) groups excluding carboxylic acids is 2. The lowest BCUT2D eigenvalue weighted by molar-refractivity contribution is -0.122. The van der Waals surface area contributed by atoms with Crippen LogP contribution in [0.1, 0.15) is 20.8 Å². The van der Waals surface area contributed by atoms with Gasteiger partial charge in [0.25, 0.3) is 5.91 Å². The molecule has 0 saturated heterocycles. The van der Waals surface area contributed by atoms with E-state index in [9.17, 15) is 9.59 Å². The van der Waals surface area contributed by atoms with Crippen molar-refractivity contribution in [1.82, 2.24) is 15.6 Å². The number of nitrogens with one attached hydrogen (secondary N) is 3. The smallest absolute Gasteiger partial charge is 0.262 e. The molecule has 2 aromatic carbocycles. The van der Waals surface area contributed by atoms with Gasteiger partial charge < -0.3 is 15.6 Å². The molecule has 2 aromatic heterocycles. The van der Waals surface area contributed by atoms with Gasteiger partial charge in [-0.1, -0.05) is 53.5 Å². The maximum absolute atomic E-state index is 13.1. The summed E-state index contributed by atoms with van der Waals surface area (Å²) in [5.74, 6) is -0.508. The molecule has 0 spiro atoms. The van der Waals surface area contributed by atoms with E-state index >= 15 is 0 Å². The van der Waals surface area contributed by atoms with Crippen molar-refractivity contribution in [1.29, 1.82) is 0 Å². The van der Waals surface area contributed by atoms with E-state index in [4.69, 9.17) is 23.2 Å². The van der Waals surface area contributed by atoms with Crippen molar-refractivity contribution in [2.45, 2.75) is 18.9 Å². The first kappa shape index (κ1) is 22.4. The number of aromatic nitrogens is 1. The molecule has 5 nitrogen and oxygen atoms in total. The lowest BCUT2D eigenvalue weighted by atomic mass is 10.0. The summed E-state index contributed by atoms with van der Waals surface area (Å²) in [7, 11) is 0. The van der Waals surface area contributed by atoms with E-state index < -0.39 is 6.04 Å². The average molecular weight is 486 g/mol. The number of carbonyl (C=O) groups is 2. The Labute approximate surface area is 199 Å². The van der Waals surface area contributed by atoms with Gasteiger partial charge in [0, 0.05) is 40.1 Å². The lowest BCUT2D eigenvalue weighted by Gasteiger charge is -2.18. The first-order chi connectivity index (χ1) is 15.5. The van der Waals surface area contributed by atoms with Crippen LogP contribution >= 0.6 is 34.5 Å². The molecule has 2 heterocycles. The number of fused-ring (bicyclic) bond motifs is 1. The van der Waals surface area contributed by atoms with Crippen LogP contribution in [0.2, 0.25) is 10.0 Å². The SMILES string of the molecule is O=C(N[C@H](Cc1c[nH]c2ccccc12)C(=O)NCCc1ccc(Cl)cc1Cl)c1cccs1. The highest BCUT2D eigenvalue weighted by molar-refractivity contribution is 7.12. The molecule has 0 unspecified atom stereocenters. The van der Waals surface area contributed by atoms with Crippen molar-refractivity contribution in [2.75, 3.05) is 6.54 Å². The van der Waals surface area contributed by atoms with Crippen LogP contribution in [0, 0.1) is 0 Å². The second kappa shape index (κ2) is 10.2. The third-order valence-electron chi connectivity index (χ3n) is 5.17. The van der Waals surface area contributed by atoms with Crippen molar-refractivity contribution in [3.05, 3.63) is 92.2 Å². The van der Waals surface area contributed by atoms with Gasteiger partial charge in [-0.25, -0.2) is 0 Å². The largest absolute Gasteiger partial charge is 0.361 e. The Kier molecular flexibility index (Phi) is 7.15. The molecule has 0 aliphatic heterocycles. The Hall–Kier alpha value is -2.80. The topological polar surface area (TPSA) is 74.0 Å². The van der Waals surface area contributed by atoms with Crippen LogP contribution in [0.4, 0.5) is 0 Å². The van der Waals surface area contributed by atoms with E-state index in [0.29, 0.717) is 34.3 Å². The predicted molar refractivity (Wildman–Crippen MR) is 131 cm³/mol. The van der Waals surface area contributed by atoms with Crippen LogP contribution in [0.15, 0.2) is 66.2 Å². The van der Waals surface area contributed by atoms with Gasteiger partial charge in [0.1, 0.15) is 6.04 Å². The van der Waals surface area contributed by atoms with Gasteiger partial charge in [-0.15, -0.1) is 11.3 Å². The molecule has 3 N–H and O–H groups in total. The molecular formula is C24H21Cl2N3O2S. The fourth-order valence-corrected chi connectivity index (χ4v) is 4.66. The second-order valence-electron chi connectivity index (χ2n) is 7.34. The number of thiophene rings is 1. The highest BCUT2D eigenvalue weighted by Crippen LogP contribution is 2.22. The van der Waals surface area contributed by atoms with Crippen LogP contribution in [0.25, 0.3) is 10.9 Å². The highest BCUT2D eigenvalue weighted by atomic mass is 35.5. The number of benzene rings is 2. The number of aromatic amines is 1. The van der Waals surface area contributed by atoms with Crippen LogP contribution in [0.5, 0.6) is 0 Å². The maximum Gasteiger partial charge on any atom is 0.262 e. The van der Waals surface area contributed by atoms with E-state index in [2.05, 4.69) is 15.6 Å². The Morgan fingerprint density at radius 2 is 1.88 bits per heavy atom. The van der Waals surface area contributed by atoms with Crippen molar-refractivity contribution in [2.24, 2.45) is 0 Å². The fraction of sp³-hybridized carbons (Fsp3) is 0.167. The minimum Gasteiger partial charge on any atom is -0.361 e. The first-order valence-electron chi connectivity index (χ1n) is 10.1. The monoisotopic (exact) mass is 485 g/mol. The van der Waals surface area contributed by atoms with E-state index in [1.165, 1.54) is 11.3 Å². The molecule has 8 heteroatoms. The third kappa shape index (κ3) is 5.33. The molecule has 0 radical (unpaired) electrons. The number of hydrogen-bond acceptors (Lipinski definition) is 3. The molecule has 32 heavy (non-hydrogen) atoms. The van der Waals surface area contributed by atoms with Crippen molar-refractivity contribution in [3.8, 4) is 0 Å². The zero-order valence-corrected chi connectivity index (χ0v) is 19.4. The number of H-pyrrole nitrogens is 1. The molecule has 4 aromatic rings. The molecule has 0 aliphatic rings. The third-order valence-corrected chi connectivity index (χ3v) is 6.63. The zero-order valence-electron chi connectivity index (χ0n) is 17.0. The van der Waals surface area contributed by atoms with Crippen molar-refractivity contribution < 1.29 is 9.59 Å². The minimum atomic E-state index is -0.718. The number of halogens is 2. The molecule has 2 amide bonds. The van der Waals surface area contributed by atoms with Gasteiger partial charge in [-0.3, -0.25) is 9.59 Å². The summed E-state index contributed by atoms with van der Waals surface area (Å²) in [5.41, 5.74) is 2.85. The minimum absolute atomic E-state index is 0.245. The number of hydrogen-bond donors (Lipinski definition) is 3. The summed E-state index contributed by atoms with van der Waals surface area (Å²) in [6.07, 6.45) is 2.81. The number of amides is 2. The molecule has 0 fully saturated rings. The van der Waals surface area contributed by atoms with Crippen molar-refractivity contribution in [3.63, 3.8) is 0 Å². The molecule has 0 bridgehead atoms. The van der Waals surface area contributed by atoms with E-state index in [-0.39, 0.29) is 11.8 Å². The molecular weight excluding hydrogens is 465 g/mol. The summed E-state index contributed by atoms with van der Waals surface area (Å²) in [6.45, 7) is 0.388. The van der Waals surface area contributed by atoms with Crippen LogP contribution in [-0.4, -0.2) is 29.4 Å². The Bertz CT molecular complexity index is 1240. The van der Waals surface area contributed by atoms with Gasteiger partial charge in [-0.2, -0.15) is 0 Å². The van der Waals surface area contributed by atoms with Gasteiger partial charge in [0.05, 0.1) is 4.88 Å². The average Bonchev–Trinajstić information content (AvgIpc) is 3.45. The van der Waals surface area contributed by atoms with Crippen LogP contribution < -0.4 is 10.6 Å². The molecule has 4 rings (SSSR count). The number of para-hydroxylation sites is 1. The lowest BCUT2D eigenvalue weighted by Crippen LogP contribution is -2.48. The summed E-state index contributed by atoms with van der Waals surface area (Å²) in [5, 5.41) is 9.82. The quantitative estimate of drug-likeness (QED) is 0.319. The van der Waals surface area contributed by atoms with Gasteiger partial charge in [0.2, 0.25) is 5.91 Å². The summed E-state index contributed by atoms with van der Waals surface area (Å²) < 4.78 is 0.